The molecule has 0 amide bonds. The molecule has 0 saturated carbocycles. The van der Waals surface area contributed by atoms with Crippen molar-refractivity contribution >= 4 is 17.3 Å². The third kappa shape index (κ3) is 2.95. The predicted octanol–water partition coefficient (Wildman–Crippen LogP) is 2.63. The van der Waals surface area contributed by atoms with Crippen LogP contribution < -0.4 is 5.32 Å². The largest absolute Gasteiger partial charge is 0.508 e. The van der Waals surface area contributed by atoms with Gasteiger partial charge < -0.3 is 10.4 Å². The quantitative estimate of drug-likeness (QED) is 0.775. The van der Waals surface area contributed by atoms with Crippen molar-refractivity contribution in [1.29, 1.82) is 0 Å². The predicted molar refractivity (Wildman–Crippen MR) is 79.6 cm³/mol. The third-order valence-electron chi connectivity index (χ3n) is 3.04. The van der Waals surface area contributed by atoms with Crippen LogP contribution in [0.1, 0.15) is 5.56 Å². The van der Waals surface area contributed by atoms with E-state index >= 15 is 0 Å². The minimum atomic E-state index is 0.181. The number of nitrogens with one attached hydrogen (secondary N) is 1. The first-order valence-corrected chi connectivity index (χ1v) is 6.65. The van der Waals surface area contributed by atoms with Gasteiger partial charge in [-0.1, -0.05) is 17.7 Å². The number of hydrogen-bond donors (Lipinski definition) is 2. The van der Waals surface area contributed by atoms with Crippen molar-refractivity contribution in [3.05, 3.63) is 59.4 Å². The van der Waals surface area contributed by atoms with Gasteiger partial charge in [0.2, 0.25) is 0 Å². The van der Waals surface area contributed by atoms with Gasteiger partial charge in [-0.2, -0.15) is 0 Å². The molecular formula is C14H12ClN5O. The van der Waals surface area contributed by atoms with Crippen molar-refractivity contribution in [2.45, 2.75) is 6.54 Å². The Morgan fingerprint density at radius 2 is 1.95 bits per heavy atom. The molecule has 2 aromatic carbocycles. The minimum Gasteiger partial charge on any atom is -0.508 e. The normalized spacial score (nSPS) is 10.5. The molecule has 0 atom stereocenters. The molecule has 2 N–H and O–H groups in total. The lowest BCUT2D eigenvalue weighted by Gasteiger charge is -2.10. The maximum Gasteiger partial charge on any atom is 0.143 e. The van der Waals surface area contributed by atoms with E-state index in [1.807, 2.05) is 24.3 Å². The average Bonchev–Trinajstić information content (AvgIpc) is 3.02. The molecule has 0 fully saturated rings. The van der Waals surface area contributed by atoms with Gasteiger partial charge in [-0.05, 0) is 46.8 Å². The fraction of sp³-hybridized carbons (Fsp3) is 0.0714. The molecule has 1 heterocycles. The second-order valence-electron chi connectivity index (χ2n) is 4.39. The van der Waals surface area contributed by atoms with E-state index < -0.39 is 0 Å². The Morgan fingerprint density at radius 3 is 2.62 bits per heavy atom. The van der Waals surface area contributed by atoms with Crippen LogP contribution in [0.25, 0.3) is 5.69 Å². The van der Waals surface area contributed by atoms with E-state index in [1.165, 1.54) is 6.33 Å². The zero-order valence-corrected chi connectivity index (χ0v) is 11.7. The summed E-state index contributed by atoms with van der Waals surface area (Å²) in [5.74, 6) is 0.181. The van der Waals surface area contributed by atoms with Crippen LogP contribution in [0.15, 0.2) is 48.8 Å². The number of benzene rings is 2. The fourth-order valence-electron chi connectivity index (χ4n) is 1.92. The minimum absolute atomic E-state index is 0.181. The van der Waals surface area contributed by atoms with E-state index in [0.717, 1.165) is 11.4 Å². The molecule has 106 valence electrons. The highest BCUT2D eigenvalue weighted by atomic mass is 35.5. The maximum absolute atomic E-state index is 9.79. The first-order chi connectivity index (χ1) is 10.2. The molecule has 0 aliphatic rings. The van der Waals surface area contributed by atoms with E-state index in [4.69, 9.17) is 11.6 Å². The molecule has 6 nitrogen and oxygen atoms in total. The van der Waals surface area contributed by atoms with Crippen LogP contribution in [0, 0.1) is 0 Å². The summed E-state index contributed by atoms with van der Waals surface area (Å²) in [7, 11) is 0. The van der Waals surface area contributed by atoms with Gasteiger partial charge >= 0.3 is 0 Å². The van der Waals surface area contributed by atoms with Crippen LogP contribution >= 0.6 is 11.6 Å². The second kappa shape index (κ2) is 5.80. The topological polar surface area (TPSA) is 75.9 Å². The highest BCUT2D eigenvalue weighted by Gasteiger charge is 2.05. The Kier molecular flexibility index (Phi) is 3.70. The van der Waals surface area contributed by atoms with Gasteiger partial charge in [-0.25, -0.2) is 4.68 Å². The number of aromatic nitrogens is 4. The number of halogens is 1. The fourth-order valence-corrected chi connectivity index (χ4v) is 2.16. The summed E-state index contributed by atoms with van der Waals surface area (Å²) in [4.78, 5) is 0. The van der Waals surface area contributed by atoms with Gasteiger partial charge in [0.25, 0.3) is 0 Å². The monoisotopic (exact) mass is 301 g/mol. The van der Waals surface area contributed by atoms with E-state index in [2.05, 4.69) is 20.8 Å². The Hall–Kier alpha value is -2.60. The SMILES string of the molecule is Oc1cccc(Cl)c1CNc1ccc(-n2cnnn2)cc1. The molecule has 7 heteroatoms. The number of aromatic hydroxyl groups is 1. The Morgan fingerprint density at radius 1 is 1.14 bits per heavy atom. The molecule has 0 spiro atoms. The lowest BCUT2D eigenvalue weighted by Crippen LogP contribution is -2.01. The summed E-state index contributed by atoms with van der Waals surface area (Å²) in [6.07, 6.45) is 1.53. The second-order valence-corrected chi connectivity index (χ2v) is 4.80. The number of tetrazole rings is 1. The number of nitrogens with zero attached hydrogens (tertiary/aromatic N) is 4. The standard InChI is InChI=1S/C14H12ClN5O/c15-13-2-1-3-14(21)12(13)8-16-10-4-6-11(7-5-10)20-9-17-18-19-20/h1-7,9,16,21H,8H2. The van der Waals surface area contributed by atoms with Gasteiger partial charge in [0.05, 0.1) is 5.69 Å². The highest BCUT2D eigenvalue weighted by Crippen LogP contribution is 2.26. The molecular weight excluding hydrogens is 290 g/mol. The van der Waals surface area contributed by atoms with E-state index in [1.54, 1.807) is 22.9 Å². The van der Waals surface area contributed by atoms with Crippen molar-refractivity contribution < 1.29 is 5.11 Å². The Balaban J connectivity index is 1.71. The van der Waals surface area contributed by atoms with Crippen LogP contribution in [0.2, 0.25) is 5.02 Å². The molecule has 3 rings (SSSR count). The Labute approximate surface area is 126 Å². The van der Waals surface area contributed by atoms with Gasteiger partial charge in [-0.15, -0.1) is 5.10 Å². The van der Waals surface area contributed by atoms with Crippen LogP contribution in [-0.4, -0.2) is 25.3 Å². The lowest BCUT2D eigenvalue weighted by molar-refractivity contribution is 0.469. The molecule has 0 aliphatic carbocycles. The molecule has 3 aromatic rings. The smallest absolute Gasteiger partial charge is 0.143 e. The van der Waals surface area contributed by atoms with Crippen LogP contribution in [0.5, 0.6) is 5.75 Å². The number of phenolic OH excluding ortho intramolecular Hbond substituents is 1. The lowest BCUT2D eigenvalue weighted by atomic mass is 10.2. The van der Waals surface area contributed by atoms with Gasteiger partial charge in [0, 0.05) is 22.8 Å². The summed E-state index contributed by atoms with van der Waals surface area (Å²) in [5.41, 5.74) is 2.45. The molecule has 0 aliphatic heterocycles. The van der Waals surface area contributed by atoms with E-state index in [0.29, 0.717) is 17.1 Å². The molecule has 0 radical (unpaired) electrons. The first-order valence-electron chi connectivity index (χ1n) is 6.28. The van der Waals surface area contributed by atoms with Gasteiger partial charge in [0.1, 0.15) is 12.1 Å². The van der Waals surface area contributed by atoms with Crippen molar-refractivity contribution in [2.75, 3.05) is 5.32 Å². The molecule has 21 heavy (non-hydrogen) atoms. The molecule has 0 saturated heterocycles. The zero-order chi connectivity index (χ0) is 14.7. The van der Waals surface area contributed by atoms with Gasteiger partial charge in [0.15, 0.2) is 0 Å². The van der Waals surface area contributed by atoms with Crippen LogP contribution in [-0.2, 0) is 6.54 Å². The molecule has 1 aromatic heterocycles. The van der Waals surface area contributed by atoms with Crippen molar-refractivity contribution in [3.63, 3.8) is 0 Å². The summed E-state index contributed by atoms with van der Waals surface area (Å²) in [6.45, 7) is 0.440. The van der Waals surface area contributed by atoms with E-state index in [9.17, 15) is 5.11 Å². The number of phenols is 1. The average molecular weight is 302 g/mol. The third-order valence-corrected chi connectivity index (χ3v) is 3.40. The van der Waals surface area contributed by atoms with Crippen molar-refractivity contribution in [1.82, 2.24) is 20.2 Å². The molecule has 0 bridgehead atoms. The van der Waals surface area contributed by atoms with Crippen LogP contribution in [0.4, 0.5) is 5.69 Å². The van der Waals surface area contributed by atoms with Gasteiger partial charge in [-0.3, -0.25) is 0 Å². The number of hydrogen-bond acceptors (Lipinski definition) is 5. The van der Waals surface area contributed by atoms with Crippen molar-refractivity contribution in [2.24, 2.45) is 0 Å². The first kappa shape index (κ1) is 13.4. The maximum atomic E-state index is 9.79. The summed E-state index contributed by atoms with van der Waals surface area (Å²) in [5, 5.41) is 24.5. The summed E-state index contributed by atoms with van der Waals surface area (Å²) >= 11 is 6.06. The van der Waals surface area contributed by atoms with Crippen LogP contribution in [0.3, 0.4) is 0 Å². The summed E-state index contributed by atoms with van der Waals surface area (Å²) < 4.78 is 1.57. The Bertz CT molecular complexity index is 707. The number of rotatable bonds is 4. The van der Waals surface area contributed by atoms with Crippen molar-refractivity contribution in [3.8, 4) is 11.4 Å². The zero-order valence-electron chi connectivity index (χ0n) is 10.9. The highest BCUT2D eigenvalue weighted by molar-refractivity contribution is 6.31. The number of anilines is 1. The molecule has 0 unspecified atom stereocenters. The summed E-state index contributed by atoms with van der Waals surface area (Å²) in [6, 6.07) is 12.7. The van der Waals surface area contributed by atoms with E-state index in [-0.39, 0.29) is 5.75 Å².